The number of rotatable bonds is 1. The zero-order valence-corrected chi connectivity index (χ0v) is 11.3. The molecule has 2 aromatic rings. The van der Waals surface area contributed by atoms with Gasteiger partial charge in [0.05, 0.1) is 14.9 Å². The minimum absolute atomic E-state index is 0.00654. The van der Waals surface area contributed by atoms with Crippen molar-refractivity contribution in [2.75, 3.05) is 0 Å². The zero-order chi connectivity index (χ0) is 12.0. The van der Waals surface area contributed by atoms with Crippen LogP contribution in [0.3, 0.4) is 0 Å². The number of aromatic nitrogens is 2. The van der Waals surface area contributed by atoms with E-state index in [1.807, 2.05) is 12.1 Å². The molecule has 0 saturated carbocycles. The third-order valence-electron chi connectivity index (χ3n) is 3.00. The van der Waals surface area contributed by atoms with Gasteiger partial charge in [0, 0.05) is 12.6 Å². The summed E-state index contributed by atoms with van der Waals surface area (Å²) in [6.45, 7) is 0.924. The highest BCUT2D eigenvalue weighted by Crippen LogP contribution is 2.37. The van der Waals surface area contributed by atoms with Gasteiger partial charge in [0.2, 0.25) is 0 Å². The molecule has 0 aromatic carbocycles. The molecule has 1 unspecified atom stereocenters. The Bertz CT molecular complexity index is 561. The molecule has 6 heteroatoms. The molecule has 1 aliphatic heterocycles. The van der Waals surface area contributed by atoms with Crippen LogP contribution in [0.5, 0.6) is 0 Å². The summed E-state index contributed by atoms with van der Waals surface area (Å²) in [6, 6.07) is 3.84. The zero-order valence-electron chi connectivity index (χ0n) is 8.99. The number of nitrogens with two attached hydrogens (primary N) is 1. The molecule has 1 aliphatic rings. The normalized spacial score (nSPS) is 19.4. The Labute approximate surface area is 113 Å². The van der Waals surface area contributed by atoms with Crippen molar-refractivity contribution in [2.24, 2.45) is 5.73 Å². The molecule has 3 rings (SSSR count). The number of hydrogen-bond acceptors (Lipinski definition) is 3. The van der Waals surface area contributed by atoms with Gasteiger partial charge in [-0.2, -0.15) is 0 Å². The van der Waals surface area contributed by atoms with Gasteiger partial charge in [0.1, 0.15) is 0 Å². The van der Waals surface area contributed by atoms with Crippen LogP contribution in [0.15, 0.2) is 12.1 Å². The van der Waals surface area contributed by atoms with E-state index in [4.69, 9.17) is 28.9 Å². The molecule has 0 aliphatic carbocycles. The van der Waals surface area contributed by atoms with E-state index in [0.29, 0.717) is 5.15 Å². The lowest BCUT2D eigenvalue weighted by Gasteiger charge is -2.22. The first-order chi connectivity index (χ1) is 8.16. The van der Waals surface area contributed by atoms with Crippen LogP contribution >= 0.6 is 34.5 Å². The van der Waals surface area contributed by atoms with E-state index in [-0.39, 0.29) is 6.04 Å². The van der Waals surface area contributed by atoms with E-state index >= 15 is 0 Å². The molecule has 0 spiro atoms. The van der Waals surface area contributed by atoms with Crippen molar-refractivity contribution in [3.8, 4) is 10.7 Å². The van der Waals surface area contributed by atoms with Crippen LogP contribution < -0.4 is 5.73 Å². The van der Waals surface area contributed by atoms with E-state index in [0.717, 1.165) is 40.1 Å². The van der Waals surface area contributed by atoms with Crippen LogP contribution in [-0.4, -0.2) is 9.55 Å². The topological polar surface area (TPSA) is 43.8 Å². The second-order valence-corrected chi connectivity index (χ2v) is 6.19. The summed E-state index contributed by atoms with van der Waals surface area (Å²) in [5, 5.41) is 0.525. The van der Waals surface area contributed by atoms with Crippen LogP contribution in [0.1, 0.15) is 24.6 Å². The van der Waals surface area contributed by atoms with Crippen molar-refractivity contribution in [2.45, 2.75) is 25.4 Å². The maximum absolute atomic E-state index is 6.17. The molecule has 0 radical (unpaired) electrons. The van der Waals surface area contributed by atoms with E-state index < -0.39 is 0 Å². The minimum Gasteiger partial charge on any atom is -0.325 e. The van der Waals surface area contributed by atoms with Crippen LogP contribution in [0.4, 0.5) is 0 Å². The molecule has 1 atom stereocenters. The quantitative estimate of drug-likeness (QED) is 0.869. The molecule has 3 nitrogen and oxygen atoms in total. The molecule has 17 heavy (non-hydrogen) atoms. The first-order valence-corrected chi connectivity index (χ1v) is 7.01. The first kappa shape index (κ1) is 11.5. The van der Waals surface area contributed by atoms with Gasteiger partial charge in [-0.15, -0.1) is 11.3 Å². The fraction of sp³-hybridized carbons (Fsp3) is 0.364. The third kappa shape index (κ3) is 1.89. The molecule has 0 amide bonds. The van der Waals surface area contributed by atoms with Crippen LogP contribution in [0, 0.1) is 0 Å². The van der Waals surface area contributed by atoms with E-state index in [1.165, 1.54) is 11.3 Å². The lowest BCUT2D eigenvalue weighted by atomic mass is 10.1. The molecule has 2 N–H and O–H groups in total. The third-order valence-corrected chi connectivity index (χ3v) is 4.51. The number of halogens is 2. The van der Waals surface area contributed by atoms with E-state index in [1.54, 1.807) is 0 Å². The molecule has 0 fully saturated rings. The summed E-state index contributed by atoms with van der Waals surface area (Å²) >= 11 is 13.6. The maximum atomic E-state index is 6.17. The highest BCUT2D eigenvalue weighted by atomic mass is 35.5. The first-order valence-electron chi connectivity index (χ1n) is 5.44. The number of imidazole rings is 1. The SMILES string of the molecule is NC1CCCn2c(-c3ccc(Cl)s3)nc(Cl)c21. The minimum atomic E-state index is -0.00654. The summed E-state index contributed by atoms with van der Waals surface area (Å²) in [7, 11) is 0. The summed E-state index contributed by atoms with van der Waals surface area (Å²) in [4.78, 5) is 5.47. The van der Waals surface area contributed by atoms with Gasteiger partial charge in [0.25, 0.3) is 0 Å². The number of hydrogen-bond donors (Lipinski definition) is 1. The Morgan fingerprint density at radius 3 is 2.94 bits per heavy atom. The maximum Gasteiger partial charge on any atom is 0.152 e. The molecular weight excluding hydrogens is 277 g/mol. The Kier molecular flexibility index (Phi) is 2.91. The van der Waals surface area contributed by atoms with Gasteiger partial charge in [-0.3, -0.25) is 0 Å². The lowest BCUT2D eigenvalue weighted by molar-refractivity contribution is 0.466. The average molecular weight is 288 g/mol. The summed E-state index contributed by atoms with van der Waals surface area (Å²) in [5.41, 5.74) is 7.03. The Morgan fingerprint density at radius 2 is 2.24 bits per heavy atom. The van der Waals surface area contributed by atoms with Gasteiger partial charge in [-0.1, -0.05) is 23.2 Å². The highest BCUT2D eigenvalue weighted by Gasteiger charge is 2.25. The second-order valence-electron chi connectivity index (χ2n) is 4.12. The van der Waals surface area contributed by atoms with E-state index in [2.05, 4.69) is 9.55 Å². The fourth-order valence-electron chi connectivity index (χ4n) is 2.24. The highest BCUT2D eigenvalue weighted by molar-refractivity contribution is 7.19. The summed E-state index contributed by atoms with van der Waals surface area (Å²) in [5.74, 6) is 0.886. The van der Waals surface area contributed by atoms with Crippen molar-refractivity contribution in [3.63, 3.8) is 0 Å². The van der Waals surface area contributed by atoms with Gasteiger partial charge in [0.15, 0.2) is 11.0 Å². The molecule has 2 aromatic heterocycles. The van der Waals surface area contributed by atoms with Crippen molar-refractivity contribution in [1.29, 1.82) is 0 Å². The molecule has 3 heterocycles. The number of fused-ring (bicyclic) bond motifs is 1. The Hall–Kier alpha value is -0.550. The predicted molar refractivity (Wildman–Crippen MR) is 71.7 cm³/mol. The van der Waals surface area contributed by atoms with E-state index in [9.17, 15) is 0 Å². The van der Waals surface area contributed by atoms with Gasteiger partial charge < -0.3 is 10.3 Å². The molecule has 0 bridgehead atoms. The Morgan fingerprint density at radius 1 is 1.41 bits per heavy atom. The van der Waals surface area contributed by atoms with Crippen LogP contribution in [0.2, 0.25) is 9.49 Å². The molecule has 0 saturated heterocycles. The largest absolute Gasteiger partial charge is 0.325 e. The van der Waals surface area contributed by atoms with Crippen LogP contribution in [-0.2, 0) is 6.54 Å². The predicted octanol–water partition coefficient (Wildman–Crippen LogP) is 3.71. The van der Waals surface area contributed by atoms with Gasteiger partial charge in [-0.05, 0) is 25.0 Å². The monoisotopic (exact) mass is 287 g/mol. The standard InChI is InChI=1S/C11H11Cl2N3S/c12-8-4-3-7(17-8)11-15-10(13)9-6(14)2-1-5-16(9)11/h3-4,6H,1-2,5,14H2. The summed E-state index contributed by atoms with van der Waals surface area (Å²) < 4.78 is 2.88. The fourth-order valence-corrected chi connectivity index (χ4v) is 3.61. The molecule has 90 valence electrons. The van der Waals surface area contributed by atoms with Crippen molar-refractivity contribution >= 4 is 34.5 Å². The summed E-state index contributed by atoms with van der Waals surface area (Å²) in [6.07, 6.45) is 2.03. The van der Waals surface area contributed by atoms with Crippen LogP contribution in [0.25, 0.3) is 10.7 Å². The smallest absolute Gasteiger partial charge is 0.152 e. The van der Waals surface area contributed by atoms with Gasteiger partial charge in [-0.25, -0.2) is 4.98 Å². The Balaban J connectivity index is 2.16. The van der Waals surface area contributed by atoms with Crippen molar-refractivity contribution < 1.29 is 0 Å². The number of thiophene rings is 1. The average Bonchev–Trinajstić information content (AvgIpc) is 2.84. The van der Waals surface area contributed by atoms with Crippen molar-refractivity contribution in [1.82, 2.24) is 9.55 Å². The second kappa shape index (κ2) is 4.28. The lowest BCUT2D eigenvalue weighted by Crippen LogP contribution is -2.21. The van der Waals surface area contributed by atoms with Crippen molar-refractivity contribution in [3.05, 3.63) is 27.3 Å². The molecular formula is C11H11Cl2N3S. The van der Waals surface area contributed by atoms with Gasteiger partial charge >= 0.3 is 0 Å². The number of nitrogens with zero attached hydrogens (tertiary/aromatic N) is 2.